The standard InChI is InChI=1S/C14H21NO5/c16-12(10-1-2-11(9-10)13(17)18)15-5-3-14(4-6-15)19-7-8-20-14/h10-11H,1-9H2,(H,17,18)/t10-,11+/m0/s1. The maximum absolute atomic E-state index is 12.4. The van der Waals surface area contributed by atoms with Gasteiger partial charge in [0.25, 0.3) is 0 Å². The molecule has 1 aliphatic carbocycles. The molecule has 112 valence electrons. The summed E-state index contributed by atoms with van der Waals surface area (Å²) in [4.78, 5) is 25.2. The summed E-state index contributed by atoms with van der Waals surface area (Å²) >= 11 is 0. The van der Waals surface area contributed by atoms with Crippen LogP contribution >= 0.6 is 0 Å². The van der Waals surface area contributed by atoms with Crippen molar-refractivity contribution in [2.45, 2.75) is 37.9 Å². The Kier molecular flexibility index (Phi) is 3.69. The summed E-state index contributed by atoms with van der Waals surface area (Å²) in [5.41, 5.74) is 0. The zero-order chi connectivity index (χ0) is 14.2. The van der Waals surface area contributed by atoms with Crippen LogP contribution in [0, 0.1) is 11.8 Å². The second-order valence-electron chi connectivity index (χ2n) is 5.98. The van der Waals surface area contributed by atoms with Crippen molar-refractivity contribution in [1.82, 2.24) is 4.90 Å². The topological polar surface area (TPSA) is 76.1 Å². The number of hydrogen-bond acceptors (Lipinski definition) is 4. The first kappa shape index (κ1) is 13.8. The van der Waals surface area contributed by atoms with E-state index in [2.05, 4.69) is 0 Å². The van der Waals surface area contributed by atoms with Gasteiger partial charge >= 0.3 is 5.97 Å². The van der Waals surface area contributed by atoms with Crippen molar-refractivity contribution in [1.29, 1.82) is 0 Å². The van der Waals surface area contributed by atoms with E-state index in [-0.39, 0.29) is 17.7 Å². The molecule has 0 aromatic rings. The highest BCUT2D eigenvalue weighted by Gasteiger charge is 2.43. The van der Waals surface area contributed by atoms with Gasteiger partial charge in [-0.05, 0) is 19.3 Å². The van der Waals surface area contributed by atoms with E-state index in [0.717, 1.165) is 0 Å². The average Bonchev–Trinajstić information content (AvgIpc) is 3.08. The van der Waals surface area contributed by atoms with E-state index in [9.17, 15) is 9.59 Å². The van der Waals surface area contributed by atoms with E-state index >= 15 is 0 Å². The maximum atomic E-state index is 12.4. The smallest absolute Gasteiger partial charge is 0.306 e. The van der Waals surface area contributed by atoms with Gasteiger partial charge in [0.15, 0.2) is 5.79 Å². The highest BCUT2D eigenvalue weighted by Crippen LogP contribution is 2.35. The van der Waals surface area contributed by atoms with Crippen molar-refractivity contribution in [2.75, 3.05) is 26.3 Å². The van der Waals surface area contributed by atoms with Gasteiger partial charge in [-0.25, -0.2) is 0 Å². The Morgan fingerprint density at radius 3 is 2.20 bits per heavy atom. The molecule has 6 nitrogen and oxygen atoms in total. The Morgan fingerprint density at radius 1 is 1.05 bits per heavy atom. The Morgan fingerprint density at radius 2 is 1.65 bits per heavy atom. The minimum absolute atomic E-state index is 0.113. The van der Waals surface area contributed by atoms with Crippen LogP contribution in [-0.2, 0) is 19.1 Å². The van der Waals surface area contributed by atoms with E-state index in [1.165, 1.54) is 0 Å². The predicted octanol–water partition coefficient (Wildman–Crippen LogP) is 0.853. The Labute approximate surface area is 118 Å². The second-order valence-corrected chi connectivity index (χ2v) is 5.98. The summed E-state index contributed by atoms with van der Waals surface area (Å²) in [5.74, 6) is -1.58. The van der Waals surface area contributed by atoms with Crippen LogP contribution in [0.4, 0.5) is 0 Å². The van der Waals surface area contributed by atoms with Gasteiger partial charge in [0.05, 0.1) is 19.1 Å². The molecule has 3 rings (SSSR count). The van der Waals surface area contributed by atoms with Crippen LogP contribution in [0.25, 0.3) is 0 Å². The number of piperidine rings is 1. The lowest BCUT2D eigenvalue weighted by molar-refractivity contribution is -0.188. The number of ether oxygens (including phenoxy) is 2. The van der Waals surface area contributed by atoms with E-state index < -0.39 is 11.8 Å². The number of carbonyl (C=O) groups excluding carboxylic acids is 1. The Hall–Kier alpha value is -1.14. The number of amides is 1. The van der Waals surface area contributed by atoms with Crippen molar-refractivity contribution in [3.63, 3.8) is 0 Å². The van der Waals surface area contributed by atoms with Gasteiger partial charge < -0.3 is 19.5 Å². The quantitative estimate of drug-likeness (QED) is 0.813. The van der Waals surface area contributed by atoms with Gasteiger partial charge in [-0.2, -0.15) is 0 Å². The zero-order valence-electron chi connectivity index (χ0n) is 11.5. The molecule has 2 saturated heterocycles. The molecule has 0 bridgehead atoms. The monoisotopic (exact) mass is 283 g/mol. The number of nitrogens with zero attached hydrogens (tertiary/aromatic N) is 1. The maximum Gasteiger partial charge on any atom is 0.306 e. The van der Waals surface area contributed by atoms with Crippen molar-refractivity contribution in [2.24, 2.45) is 11.8 Å². The first-order valence-electron chi connectivity index (χ1n) is 7.39. The number of carbonyl (C=O) groups is 2. The molecule has 3 fully saturated rings. The first-order valence-corrected chi connectivity index (χ1v) is 7.39. The predicted molar refractivity (Wildman–Crippen MR) is 68.9 cm³/mol. The zero-order valence-corrected chi connectivity index (χ0v) is 11.5. The fraction of sp³-hybridized carbons (Fsp3) is 0.857. The molecule has 20 heavy (non-hydrogen) atoms. The summed E-state index contributed by atoms with van der Waals surface area (Å²) in [6.45, 7) is 2.56. The Balaban J connectivity index is 1.53. The van der Waals surface area contributed by atoms with Crippen molar-refractivity contribution < 1.29 is 24.2 Å². The fourth-order valence-electron chi connectivity index (χ4n) is 3.54. The van der Waals surface area contributed by atoms with Gasteiger partial charge in [-0.3, -0.25) is 9.59 Å². The number of carboxylic acids is 1. The average molecular weight is 283 g/mol. The van der Waals surface area contributed by atoms with E-state index in [1.54, 1.807) is 0 Å². The fourth-order valence-corrected chi connectivity index (χ4v) is 3.54. The molecule has 1 N–H and O–H groups in total. The third kappa shape index (κ3) is 2.54. The molecule has 0 unspecified atom stereocenters. The normalized spacial score (nSPS) is 32.7. The molecular formula is C14H21NO5. The van der Waals surface area contributed by atoms with Crippen LogP contribution in [0.3, 0.4) is 0 Å². The molecule has 1 spiro atoms. The molecule has 2 atom stereocenters. The van der Waals surface area contributed by atoms with Crippen LogP contribution < -0.4 is 0 Å². The summed E-state index contributed by atoms with van der Waals surface area (Å²) < 4.78 is 11.3. The van der Waals surface area contributed by atoms with Gasteiger partial charge in [0, 0.05) is 31.8 Å². The van der Waals surface area contributed by atoms with Crippen LogP contribution in [0.15, 0.2) is 0 Å². The molecule has 1 saturated carbocycles. The molecule has 6 heteroatoms. The Bertz CT molecular complexity index is 394. The number of rotatable bonds is 2. The molecule has 1 amide bonds. The second kappa shape index (κ2) is 5.33. The van der Waals surface area contributed by atoms with Crippen molar-refractivity contribution in [3.05, 3.63) is 0 Å². The van der Waals surface area contributed by atoms with Gasteiger partial charge in [0.2, 0.25) is 5.91 Å². The highest BCUT2D eigenvalue weighted by molar-refractivity contribution is 5.81. The van der Waals surface area contributed by atoms with Crippen LogP contribution in [0.2, 0.25) is 0 Å². The van der Waals surface area contributed by atoms with Gasteiger partial charge in [-0.1, -0.05) is 0 Å². The number of carboxylic acid groups (broad SMARTS) is 1. The molecule has 0 aromatic heterocycles. The van der Waals surface area contributed by atoms with Crippen molar-refractivity contribution >= 4 is 11.9 Å². The van der Waals surface area contributed by atoms with Crippen molar-refractivity contribution in [3.8, 4) is 0 Å². The van der Waals surface area contributed by atoms with Crippen LogP contribution in [-0.4, -0.2) is 54.0 Å². The largest absolute Gasteiger partial charge is 0.481 e. The molecule has 3 aliphatic rings. The third-order valence-corrected chi connectivity index (χ3v) is 4.78. The van der Waals surface area contributed by atoms with Crippen LogP contribution in [0.1, 0.15) is 32.1 Å². The molecule has 2 aliphatic heterocycles. The molecule has 0 radical (unpaired) electrons. The summed E-state index contributed by atoms with van der Waals surface area (Å²) in [5, 5.41) is 9.00. The number of aliphatic carboxylic acids is 1. The summed E-state index contributed by atoms with van der Waals surface area (Å²) in [6.07, 6.45) is 3.24. The molecular weight excluding hydrogens is 262 g/mol. The van der Waals surface area contributed by atoms with E-state index in [1.807, 2.05) is 4.90 Å². The third-order valence-electron chi connectivity index (χ3n) is 4.78. The van der Waals surface area contributed by atoms with Gasteiger partial charge in [-0.15, -0.1) is 0 Å². The minimum Gasteiger partial charge on any atom is -0.481 e. The van der Waals surface area contributed by atoms with E-state index in [0.29, 0.717) is 58.4 Å². The lowest BCUT2D eigenvalue weighted by Crippen LogP contribution is -2.48. The number of hydrogen-bond donors (Lipinski definition) is 1. The minimum atomic E-state index is -0.773. The SMILES string of the molecule is O=C(O)[C@@H]1CC[C@H](C(=O)N2CCC3(CC2)OCCO3)C1. The molecule has 0 aromatic carbocycles. The molecule has 2 heterocycles. The van der Waals surface area contributed by atoms with E-state index in [4.69, 9.17) is 14.6 Å². The summed E-state index contributed by atoms with van der Waals surface area (Å²) in [6, 6.07) is 0. The first-order chi connectivity index (χ1) is 9.60. The lowest BCUT2D eigenvalue weighted by Gasteiger charge is -2.38. The van der Waals surface area contributed by atoms with Gasteiger partial charge in [0.1, 0.15) is 0 Å². The summed E-state index contributed by atoms with van der Waals surface area (Å²) in [7, 11) is 0. The van der Waals surface area contributed by atoms with Crippen LogP contribution in [0.5, 0.6) is 0 Å². The lowest BCUT2D eigenvalue weighted by atomic mass is 9.99. The number of likely N-dealkylation sites (tertiary alicyclic amines) is 1. The highest BCUT2D eigenvalue weighted by atomic mass is 16.7.